The van der Waals surface area contributed by atoms with Crippen molar-refractivity contribution in [3.8, 4) is 11.4 Å². The SMILES string of the molecule is NCCCCc1cncc2nc(-c3ccncc3)nc(N)c12. The van der Waals surface area contributed by atoms with Gasteiger partial charge in [0.2, 0.25) is 0 Å². The number of anilines is 1. The number of unbranched alkanes of at least 4 members (excludes halogenated alkanes) is 1. The Morgan fingerprint density at radius 3 is 2.55 bits per heavy atom. The van der Waals surface area contributed by atoms with Gasteiger partial charge in [-0.1, -0.05) is 0 Å². The first-order valence-corrected chi connectivity index (χ1v) is 7.30. The fourth-order valence-electron chi connectivity index (χ4n) is 2.46. The van der Waals surface area contributed by atoms with Gasteiger partial charge in [-0.3, -0.25) is 9.97 Å². The Balaban J connectivity index is 2.05. The molecule has 0 atom stereocenters. The summed E-state index contributed by atoms with van der Waals surface area (Å²) in [5, 5.41) is 0.893. The molecule has 22 heavy (non-hydrogen) atoms. The second-order valence-electron chi connectivity index (χ2n) is 5.11. The number of nitrogens with zero attached hydrogens (tertiary/aromatic N) is 4. The monoisotopic (exact) mass is 294 g/mol. The molecule has 6 heteroatoms. The predicted octanol–water partition coefficient (Wildman–Crippen LogP) is 1.95. The van der Waals surface area contributed by atoms with Crippen molar-refractivity contribution >= 4 is 16.7 Å². The number of pyridine rings is 2. The van der Waals surface area contributed by atoms with Crippen molar-refractivity contribution in [1.29, 1.82) is 0 Å². The van der Waals surface area contributed by atoms with Crippen LogP contribution in [-0.4, -0.2) is 26.5 Å². The fraction of sp³-hybridized carbons (Fsp3) is 0.250. The molecule has 3 aromatic rings. The van der Waals surface area contributed by atoms with Gasteiger partial charge < -0.3 is 11.5 Å². The molecule has 0 aromatic carbocycles. The van der Waals surface area contributed by atoms with Crippen LogP contribution in [0.5, 0.6) is 0 Å². The van der Waals surface area contributed by atoms with Crippen molar-refractivity contribution in [2.45, 2.75) is 19.3 Å². The highest BCUT2D eigenvalue weighted by atomic mass is 15.0. The van der Waals surface area contributed by atoms with Crippen LogP contribution in [0.15, 0.2) is 36.9 Å². The first kappa shape index (κ1) is 14.3. The standard InChI is InChI=1S/C16H18N6/c17-6-2-1-3-12-9-20-10-13-14(12)15(18)22-16(21-13)11-4-7-19-8-5-11/h4-5,7-10H,1-3,6,17H2,(H2,18,21,22). The smallest absolute Gasteiger partial charge is 0.162 e. The molecule has 0 aliphatic carbocycles. The summed E-state index contributed by atoms with van der Waals surface area (Å²) in [4.78, 5) is 17.3. The minimum Gasteiger partial charge on any atom is -0.383 e. The average molecular weight is 294 g/mol. The molecule has 4 N–H and O–H groups in total. The van der Waals surface area contributed by atoms with Crippen molar-refractivity contribution in [2.75, 3.05) is 12.3 Å². The van der Waals surface area contributed by atoms with E-state index in [1.54, 1.807) is 18.6 Å². The van der Waals surface area contributed by atoms with Crippen LogP contribution >= 0.6 is 0 Å². The lowest BCUT2D eigenvalue weighted by Gasteiger charge is -2.09. The van der Waals surface area contributed by atoms with Crippen LogP contribution in [0.25, 0.3) is 22.3 Å². The van der Waals surface area contributed by atoms with Gasteiger partial charge >= 0.3 is 0 Å². The number of fused-ring (bicyclic) bond motifs is 1. The quantitative estimate of drug-likeness (QED) is 0.697. The van der Waals surface area contributed by atoms with Crippen LogP contribution in [0.4, 0.5) is 5.82 Å². The molecule has 0 unspecified atom stereocenters. The molecule has 0 amide bonds. The van der Waals surface area contributed by atoms with Crippen molar-refractivity contribution in [1.82, 2.24) is 19.9 Å². The van der Waals surface area contributed by atoms with E-state index in [0.29, 0.717) is 18.2 Å². The third-order valence-corrected chi connectivity index (χ3v) is 3.55. The zero-order valence-electron chi connectivity index (χ0n) is 12.2. The highest BCUT2D eigenvalue weighted by Crippen LogP contribution is 2.25. The van der Waals surface area contributed by atoms with Gasteiger partial charge in [0.05, 0.1) is 11.7 Å². The molecule has 0 aliphatic heterocycles. The van der Waals surface area contributed by atoms with Gasteiger partial charge in [-0.2, -0.15) is 0 Å². The maximum atomic E-state index is 6.18. The van der Waals surface area contributed by atoms with Crippen LogP contribution in [-0.2, 0) is 6.42 Å². The van der Waals surface area contributed by atoms with Crippen LogP contribution in [0, 0.1) is 0 Å². The summed E-state index contributed by atoms with van der Waals surface area (Å²) in [6.07, 6.45) is 9.84. The third kappa shape index (κ3) is 2.87. The van der Waals surface area contributed by atoms with Crippen molar-refractivity contribution < 1.29 is 0 Å². The lowest BCUT2D eigenvalue weighted by Crippen LogP contribution is -2.03. The number of hydrogen-bond acceptors (Lipinski definition) is 6. The number of aromatic nitrogens is 4. The fourth-order valence-corrected chi connectivity index (χ4v) is 2.46. The summed E-state index contributed by atoms with van der Waals surface area (Å²) >= 11 is 0. The topological polar surface area (TPSA) is 104 Å². The highest BCUT2D eigenvalue weighted by molar-refractivity contribution is 5.91. The number of hydrogen-bond donors (Lipinski definition) is 2. The van der Waals surface area contributed by atoms with E-state index in [2.05, 4.69) is 19.9 Å². The zero-order chi connectivity index (χ0) is 15.4. The van der Waals surface area contributed by atoms with Crippen molar-refractivity contribution in [3.63, 3.8) is 0 Å². The Bertz CT molecular complexity index is 772. The molecule has 0 bridgehead atoms. The van der Waals surface area contributed by atoms with Gasteiger partial charge in [-0.15, -0.1) is 0 Å². The third-order valence-electron chi connectivity index (χ3n) is 3.55. The van der Waals surface area contributed by atoms with Gasteiger partial charge in [0, 0.05) is 29.5 Å². The van der Waals surface area contributed by atoms with E-state index in [4.69, 9.17) is 11.5 Å². The zero-order valence-corrected chi connectivity index (χ0v) is 12.2. The summed E-state index contributed by atoms with van der Waals surface area (Å²) in [7, 11) is 0. The van der Waals surface area contributed by atoms with Gasteiger partial charge in [-0.05, 0) is 43.5 Å². The summed E-state index contributed by atoms with van der Waals surface area (Å²) in [5.74, 6) is 1.08. The van der Waals surface area contributed by atoms with Crippen LogP contribution in [0.2, 0.25) is 0 Å². The van der Waals surface area contributed by atoms with Crippen molar-refractivity contribution in [2.24, 2.45) is 5.73 Å². The van der Waals surface area contributed by atoms with E-state index in [1.807, 2.05) is 18.3 Å². The lowest BCUT2D eigenvalue weighted by atomic mass is 10.1. The molecule has 3 aromatic heterocycles. The molecule has 0 radical (unpaired) electrons. The minimum atomic E-state index is 0.488. The maximum absolute atomic E-state index is 6.18. The van der Waals surface area contributed by atoms with Crippen LogP contribution < -0.4 is 11.5 Å². The van der Waals surface area contributed by atoms with Gasteiger partial charge in [0.1, 0.15) is 5.82 Å². The molecule has 3 heterocycles. The maximum Gasteiger partial charge on any atom is 0.162 e. The second kappa shape index (κ2) is 6.44. The van der Waals surface area contributed by atoms with E-state index in [1.165, 1.54) is 0 Å². The predicted molar refractivity (Wildman–Crippen MR) is 87.0 cm³/mol. The molecule has 112 valence electrons. The van der Waals surface area contributed by atoms with Gasteiger partial charge in [0.15, 0.2) is 5.82 Å². The molecule has 0 saturated carbocycles. The normalized spacial score (nSPS) is 11.0. The molecule has 0 saturated heterocycles. The summed E-state index contributed by atoms with van der Waals surface area (Å²) in [6.45, 7) is 0.691. The molecule has 0 spiro atoms. The van der Waals surface area contributed by atoms with Crippen LogP contribution in [0.3, 0.4) is 0 Å². The summed E-state index contributed by atoms with van der Waals surface area (Å²) < 4.78 is 0. The summed E-state index contributed by atoms with van der Waals surface area (Å²) in [6, 6.07) is 3.72. The number of nitrogens with two attached hydrogens (primary N) is 2. The van der Waals surface area contributed by atoms with Gasteiger partial charge in [-0.25, -0.2) is 9.97 Å². The van der Waals surface area contributed by atoms with E-state index in [9.17, 15) is 0 Å². The Hall–Kier alpha value is -2.60. The van der Waals surface area contributed by atoms with Gasteiger partial charge in [0.25, 0.3) is 0 Å². The number of rotatable bonds is 5. The first-order chi connectivity index (χ1) is 10.8. The Morgan fingerprint density at radius 2 is 1.77 bits per heavy atom. The highest BCUT2D eigenvalue weighted by Gasteiger charge is 2.11. The molecule has 0 aliphatic rings. The Labute approximate surface area is 128 Å². The van der Waals surface area contributed by atoms with E-state index < -0.39 is 0 Å². The van der Waals surface area contributed by atoms with Crippen LogP contribution in [0.1, 0.15) is 18.4 Å². The molecule has 3 rings (SSSR count). The largest absolute Gasteiger partial charge is 0.383 e. The van der Waals surface area contributed by atoms with E-state index in [-0.39, 0.29) is 0 Å². The van der Waals surface area contributed by atoms with Crippen molar-refractivity contribution in [3.05, 3.63) is 42.5 Å². The molecule has 6 nitrogen and oxygen atoms in total. The average Bonchev–Trinajstić information content (AvgIpc) is 2.55. The molecular formula is C16H18N6. The second-order valence-corrected chi connectivity index (χ2v) is 5.11. The minimum absolute atomic E-state index is 0.488. The van der Waals surface area contributed by atoms with E-state index >= 15 is 0 Å². The lowest BCUT2D eigenvalue weighted by molar-refractivity contribution is 0.746. The summed E-state index contributed by atoms with van der Waals surface area (Å²) in [5.41, 5.74) is 14.5. The van der Waals surface area contributed by atoms with E-state index in [0.717, 1.165) is 41.3 Å². The Kier molecular flexibility index (Phi) is 4.20. The molecular weight excluding hydrogens is 276 g/mol. The first-order valence-electron chi connectivity index (χ1n) is 7.30. The Morgan fingerprint density at radius 1 is 0.955 bits per heavy atom. The molecule has 0 fully saturated rings. The number of aryl methyl sites for hydroxylation is 1. The number of nitrogen functional groups attached to an aromatic ring is 1.